The molecule has 0 aromatic heterocycles. The minimum Gasteiger partial charge on any atom is -0.353 e. The van der Waals surface area contributed by atoms with Gasteiger partial charge in [0.15, 0.2) is 0 Å². The van der Waals surface area contributed by atoms with Crippen LogP contribution in [0.1, 0.15) is 33.6 Å². The van der Waals surface area contributed by atoms with E-state index in [0.29, 0.717) is 17.3 Å². The van der Waals surface area contributed by atoms with E-state index >= 15 is 0 Å². The lowest BCUT2D eigenvalue weighted by atomic mass is 9.95. The SMILES string of the molecule is CCC(CC)C(C)NC(=O)CBr. The summed E-state index contributed by atoms with van der Waals surface area (Å²) in [5.41, 5.74) is 0. The van der Waals surface area contributed by atoms with Gasteiger partial charge in [0.1, 0.15) is 0 Å². The maximum Gasteiger partial charge on any atom is 0.230 e. The number of hydrogen-bond donors (Lipinski definition) is 1. The Balaban J connectivity index is 3.83. The number of carbonyl (C=O) groups is 1. The lowest BCUT2D eigenvalue weighted by molar-refractivity contribution is -0.119. The third kappa shape index (κ3) is 4.10. The Morgan fingerprint density at radius 3 is 2.25 bits per heavy atom. The van der Waals surface area contributed by atoms with Crippen LogP contribution < -0.4 is 5.32 Å². The molecule has 0 saturated carbocycles. The van der Waals surface area contributed by atoms with Crippen LogP contribution in [0.2, 0.25) is 0 Å². The lowest BCUT2D eigenvalue weighted by Gasteiger charge is -2.21. The highest BCUT2D eigenvalue weighted by atomic mass is 79.9. The molecule has 3 heteroatoms. The number of carbonyl (C=O) groups excluding carboxylic acids is 1. The summed E-state index contributed by atoms with van der Waals surface area (Å²) in [6, 6.07) is 0.296. The van der Waals surface area contributed by atoms with Crippen LogP contribution >= 0.6 is 15.9 Å². The van der Waals surface area contributed by atoms with Gasteiger partial charge in [-0.25, -0.2) is 0 Å². The van der Waals surface area contributed by atoms with Crippen molar-refractivity contribution in [1.82, 2.24) is 5.32 Å². The molecule has 0 saturated heterocycles. The first kappa shape index (κ1) is 11.9. The van der Waals surface area contributed by atoms with Gasteiger partial charge in [0.25, 0.3) is 0 Å². The van der Waals surface area contributed by atoms with E-state index in [0.717, 1.165) is 12.8 Å². The third-order valence-electron chi connectivity index (χ3n) is 2.27. The predicted molar refractivity (Wildman–Crippen MR) is 55.5 cm³/mol. The van der Waals surface area contributed by atoms with Crippen molar-refractivity contribution in [3.8, 4) is 0 Å². The average molecular weight is 236 g/mol. The second-order valence-corrected chi connectivity index (χ2v) is 3.63. The van der Waals surface area contributed by atoms with Gasteiger partial charge >= 0.3 is 0 Å². The number of rotatable bonds is 5. The first-order chi connectivity index (χ1) is 5.65. The molecule has 1 N–H and O–H groups in total. The van der Waals surface area contributed by atoms with Gasteiger partial charge in [-0.05, 0) is 12.8 Å². The van der Waals surface area contributed by atoms with Crippen molar-refractivity contribution in [2.45, 2.75) is 39.7 Å². The number of hydrogen-bond acceptors (Lipinski definition) is 1. The van der Waals surface area contributed by atoms with E-state index in [4.69, 9.17) is 0 Å². The Kier molecular flexibility index (Phi) is 6.44. The maximum atomic E-state index is 11.0. The van der Waals surface area contributed by atoms with Crippen LogP contribution in [0.3, 0.4) is 0 Å². The van der Waals surface area contributed by atoms with Gasteiger partial charge in [-0.2, -0.15) is 0 Å². The monoisotopic (exact) mass is 235 g/mol. The number of amides is 1. The fraction of sp³-hybridized carbons (Fsp3) is 0.889. The second kappa shape index (κ2) is 6.46. The molecule has 1 unspecified atom stereocenters. The van der Waals surface area contributed by atoms with Gasteiger partial charge in [0.2, 0.25) is 5.91 Å². The van der Waals surface area contributed by atoms with Crippen molar-refractivity contribution in [3.63, 3.8) is 0 Å². The Bertz CT molecular complexity index is 134. The van der Waals surface area contributed by atoms with Crippen molar-refractivity contribution in [2.24, 2.45) is 5.92 Å². The van der Waals surface area contributed by atoms with Gasteiger partial charge in [0, 0.05) is 6.04 Å². The molecule has 0 fully saturated rings. The fourth-order valence-corrected chi connectivity index (χ4v) is 1.57. The molecule has 1 atom stereocenters. The Morgan fingerprint density at radius 1 is 1.42 bits per heavy atom. The summed E-state index contributed by atoms with van der Waals surface area (Å²) in [4.78, 5) is 11.0. The standard InChI is InChI=1S/C9H18BrNO/c1-4-8(5-2)7(3)11-9(12)6-10/h7-8H,4-6H2,1-3H3,(H,11,12). The summed E-state index contributed by atoms with van der Waals surface area (Å²) in [5.74, 6) is 0.683. The normalized spacial score (nSPS) is 13.1. The first-order valence-electron chi connectivity index (χ1n) is 4.51. The molecule has 0 aromatic carbocycles. The number of alkyl halides is 1. The van der Waals surface area contributed by atoms with E-state index in [-0.39, 0.29) is 5.91 Å². The van der Waals surface area contributed by atoms with Gasteiger partial charge in [-0.1, -0.05) is 42.6 Å². The van der Waals surface area contributed by atoms with Gasteiger partial charge in [-0.3, -0.25) is 4.79 Å². The molecule has 0 aliphatic carbocycles. The molecule has 72 valence electrons. The van der Waals surface area contributed by atoms with Crippen molar-refractivity contribution < 1.29 is 4.79 Å². The van der Waals surface area contributed by atoms with Crippen molar-refractivity contribution in [1.29, 1.82) is 0 Å². The second-order valence-electron chi connectivity index (χ2n) is 3.07. The van der Waals surface area contributed by atoms with Crippen molar-refractivity contribution in [2.75, 3.05) is 5.33 Å². The highest BCUT2D eigenvalue weighted by Crippen LogP contribution is 2.12. The zero-order chi connectivity index (χ0) is 9.56. The largest absolute Gasteiger partial charge is 0.353 e. The molecule has 0 heterocycles. The van der Waals surface area contributed by atoms with Crippen molar-refractivity contribution >= 4 is 21.8 Å². The zero-order valence-corrected chi connectivity index (χ0v) is 9.65. The molecule has 1 amide bonds. The summed E-state index contributed by atoms with van der Waals surface area (Å²) < 4.78 is 0. The van der Waals surface area contributed by atoms with E-state index in [1.165, 1.54) is 0 Å². The predicted octanol–water partition coefficient (Wildman–Crippen LogP) is 2.32. The summed E-state index contributed by atoms with van der Waals surface area (Å²) in [6.45, 7) is 6.38. The van der Waals surface area contributed by atoms with E-state index in [2.05, 4.69) is 42.0 Å². The smallest absolute Gasteiger partial charge is 0.230 e. The van der Waals surface area contributed by atoms with Gasteiger partial charge < -0.3 is 5.32 Å². The molecular weight excluding hydrogens is 218 g/mol. The molecule has 0 aromatic rings. The third-order valence-corrected chi connectivity index (χ3v) is 2.78. The highest BCUT2D eigenvalue weighted by Gasteiger charge is 2.14. The van der Waals surface area contributed by atoms with E-state index in [9.17, 15) is 4.79 Å². The lowest BCUT2D eigenvalue weighted by Crippen LogP contribution is -2.38. The Morgan fingerprint density at radius 2 is 1.92 bits per heavy atom. The summed E-state index contributed by atoms with van der Waals surface area (Å²) in [5, 5.41) is 3.35. The summed E-state index contributed by atoms with van der Waals surface area (Å²) >= 11 is 3.12. The van der Waals surface area contributed by atoms with Crippen molar-refractivity contribution in [3.05, 3.63) is 0 Å². The van der Waals surface area contributed by atoms with E-state index < -0.39 is 0 Å². The van der Waals surface area contributed by atoms with E-state index in [1.807, 2.05) is 0 Å². The topological polar surface area (TPSA) is 29.1 Å². The van der Waals surface area contributed by atoms with Gasteiger partial charge in [-0.15, -0.1) is 0 Å². The number of nitrogens with one attached hydrogen (secondary N) is 1. The Hall–Kier alpha value is -0.0500. The van der Waals surface area contributed by atoms with Crippen LogP contribution in [0.4, 0.5) is 0 Å². The Labute approximate surface area is 83.2 Å². The molecule has 0 rings (SSSR count). The zero-order valence-electron chi connectivity index (χ0n) is 8.06. The van der Waals surface area contributed by atoms with Crippen LogP contribution in [-0.4, -0.2) is 17.3 Å². The van der Waals surface area contributed by atoms with E-state index in [1.54, 1.807) is 0 Å². The molecular formula is C9H18BrNO. The minimum atomic E-state index is 0.0781. The molecule has 0 radical (unpaired) electrons. The summed E-state index contributed by atoms with van der Waals surface area (Å²) in [6.07, 6.45) is 2.25. The molecule has 0 bridgehead atoms. The molecule has 0 aliphatic rings. The average Bonchev–Trinajstić information content (AvgIpc) is 2.06. The van der Waals surface area contributed by atoms with Crippen LogP contribution in [-0.2, 0) is 4.79 Å². The minimum absolute atomic E-state index is 0.0781. The molecule has 12 heavy (non-hydrogen) atoms. The highest BCUT2D eigenvalue weighted by molar-refractivity contribution is 9.09. The quantitative estimate of drug-likeness (QED) is 0.729. The summed E-state index contributed by atoms with van der Waals surface area (Å²) in [7, 11) is 0. The van der Waals surface area contributed by atoms with Crippen LogP contribution in [0.15, 0.2) is 0 Å². The molecule has 0 aliphatic heterocycles. The fourth-order valence-electron chi connectivity index (χ4n) is 1.41. The van der Waals surface area contributed by atoms with Crippen LogP contribution in [0, 0.1) is 5.92 Å². The van der Waals surface area contributed by atoms with Crippen LogP contribution in [0.25, 0.3) is 0 Å². The van der Waals surface area contributed by atoms with Crippen LogP contribution in [0.5, 0.6) is 0 Å². The molecule has 2 nitrogen and oxygen atoms in total. The van der Waals surface area contributed by atoms with Gasteiger partial charge in [0.05, 0.1) is 5.33 Å². The maximum absolute atomic E-state index is 11.0. The first-order valence-corrected chi connectivity index (χ1v) is 5.63. The number of halogens is 1. The molecule has 0 spiro atoms.